The molecule has 0 radical (unpaired) electrons. The molecule has 1 atom stereocenters. The number of amides is 1. The average Bonchev–Trinajstić information content (AvgIpc) is 3.13. The predicted octanol–water partition coefficient (Wildman–Crippen LogP) is 3.05. The second-order valence-corrected chi connectivity index (χ2v) is 6.53. The van der Waals surface area contributed by atoms with E-state index in [4.69, 9.17) is 0 Å². The lowest BCUT2D eigenvalue weighted by Crippen LogP contribution is -2.42. The monoisotopic (exact) mass is 322 g/mol. The number of nitrogens with one attached hydrogen (secondary N) is 1. The van der Waals surface area contributed by atoms with Gasteiger partial charge in [-0.05, 0) is 36.9 Å². The summed E-state index contributed by atoms with van der Waals surface area (Å²) in [5.74, 6) is 0.228. The highest BCUT2D eigenvalue weighted by Crippen LogP contribution is 2.11. The van der Waals surface area contributed by atoms with Gasteiger partial charge >= 0.3 is 0 Å². The van der Waals surface area contributed by atoms with Gasteiger partial charge < -0.3 is 10.2 Å². The fourth-order valence-electron chi connectivity index (χ4n) is 3.29. The Morgan fingerprint density at radius 1 is 1.00 bits per heavy atom. The third-order valence-corrected chi connectivity index (χ3v) is 4.67. The second-order valence-electron chi connectivity index (χ2n) is 6.53. The Bertz CT molecular complexity index is 621. The first-order chi connectivity index (χ1) is 11.8. The molecule has 2 aromatic rings. The van der Waals surface area contributed by atoms with Crippen molar-refractivity contribution in [1.29, 1.82) is 0 Å². The summed E-state index contributed by atoms with van der Waals surface area (Å²) in [7, 11) is 0. The van der Waals surface area contributed by atoms with Gasteiger partial charge in [-0.3, -0.25) is 4.79 Å². The van der Waals surface area contributed by atoms with E-state index in [2.05, 4.69) is 29.6 Å². The van der Waals surface area contributed by atoms with Crippen LogP contribution in [0.15, 0.2) is 60.7 Å². The maximum Gasteiger partial charge on any atom is 0.227 e. The van der Waals surface area contributed by atoms with Crippen LogP contribution in [0.1, 0.15) is 24.0 Å². The molecule has 1 heterocycles. The average molecular weight is 322 g/mol. The quantitative estimate of drug-likeness (QED) is 0.850. The van der Waals surface area contributed by atoms with Gasteiger partial charge in [0, 0.05) is 19.1 Å². The molecule has 1 aliphatic rings. The van der Waals surface area contributed by atoms with Crippen LogP contribution in [0.5, 0.6) is 0 Å². The first kappa shape index (κ1) is 16.7. The van der Waals surface area contributed by atoms with Gasteiger partial charge in [-0.15, -0.1) is 0 Å². The number of carbonyl (C=O) groups is 1. The van der Waals surface area contributed by atoms with E-state index in [0.717, 1.165) is 31.6 Å². The normalized spacial score (nSPS) is 16.9. The van der Waals surface area contributed by atoms with E-state index in [-0.39, 0.29) is 5.91 Å². The van der Waals surface area contributed by atoms with Gasteiger partial charge in [-0.2, -0.15) is 0 Å². The molecule has 1 N–H and O–H groups in total. The zero-order valence-corrected chi connectivity index (χ0v) is 14.2. The number of hydrogen-bond acceptors (Lipinski definition) is 2. The van der Waals surface area contributed by atoms with Crippen molar-refractivity contribution in [2.24, 2.45) is 0 Å². The van der Waals surface area contributed by atoms with Gasteiger partial charge in [0.05, 0.1) is 6.42 Å². The highest BCUT2D eigenvalue weighted by Gasteiger charge is 2.21. The Morgan fingerprint density at radius 3 is 2.29 bits per heavy atom. The summed E-state index contributed by atoms with van der Waals surface area (Å²) in [6, 6.07) is 20.9. The van der Waals surface area contributed by atoms with E-state index < -0.39 is 0 Å². The van der Waals surface area contributed by atoms with Crippen molar-refractivity contribution >= 4 is 5.91 Å². The molecule has 1 aliphatic heterocycles. The summed E-state index contributed by atoms with van der Waals surface area (Å²) in [4.78, 5) is 14.9. The number of benzene rings is 2. The molecule has 0 bridgehead atoms. The molecule has 2 aromatic carbocycles. The van der Waals surface area contributed by atoms with Crippen molar-refractivity contribution < 1.29 is 4.79 Å². The van der Waals surface area contributed by atoms with Crippen LogP contribution in [0.25, 0.3) is 0 Å². The van der Waals surface area contributed by atoms with Crippen molar-refractivity contribution in [1.82, 2.24) is 10.2 Å². The highest BCUT2D eigenvalue weighted by atomic mass is 16.2. The minimum absolute atomic E-state index is 0.228. The lowest BCUT2D eigenvalue weighted by Gasteiger charge is -2.26. The maximum absolute atomic E-state index is 12.8. The van der Waals surface area contributed by atoms with Crippen molar-refractivity contribution in [3.63, 3.8) is 0 Å². The summed E-state index contributed by atoms with van der Waals surface area (Å²) < 4.78 is 0. The fraction of sp³-hybridized carbons (Fsp3) is 0.381. The van der Waals surface area contributed by atoms with Crippen molar-refractivity contribution in [2.75, 3.05) is 19.6 Å². The molecule has 3 nitrogen and oxygen atoms in total. The largest absolute Gasteiger partial charge is 0.341 e. The van der Waals surface area contributed by atoms with Crippen LogP contribution in [0.4, 0.5) is 0 Å². The second kappa shape index (κ2) is 8.65. The molecule has 24 heavy (non-hydrogen) atoms. The Labute approximate surface area is 144 Å². The highest BCUT2D eigenvalue weighted by molar-refractivity contribution is 5.78. The molecule has 1 amide bonds. The van der Waals surface area contributed by atoms with Crippen LogP contribution in [0, 0.1) is 0 Å². The summed E-state index contributed by atoms with van der Waals surface area (Å²) in [5.41, 5.74) is 2.38. The number of carbonyl (C=O) groups excluding carboxylic acids is 1. The zero-order chi connectivity index (χ0) is 16.6. The topological polar surface area (TPSA) is 32.3 Å². The fourth-order valence-corrected chi connectivity index (χ4v) is 3.29. The number of nitrogens with zero attached hydrogens (tertiary/aromatic N) is 1. The summed E-state index contributed by atoms with van der Waals surface area (Å²) in [5, 5.41) is 3.51. The van der Waals surface area contributed by atoms with Crippen LogP contribution in [-0.4, -0.2) is 36.5 Å². The third kappa shape index (κ3) is 4.93. The molecular weight excluding hydrogens is 296 g/mol. The minimum Gasteiger partial charge on any atom is -0.341 e. The lowest BCUT2D eigenvalue weighted by atomic mass is 10.1. The van der Waals surface area contributed by atoms with Gasteiger partial charge in [0.2, 0.25) is 5.91 Å². The molecular formula is C21H26N2O. The lowest BCUT2D eigenvalue weighted by molar-refractivity contribution is -0.130. The van der Waals surface area contributed by atoms with Gasteiger partial charge in [-0.1, -0.05) is 60.7 Å². The van der Waals surface area contributed by atoms with Crippen molar-refractivity contribution in [2.45, 2.75) is 31.7 Å². The van der Waals surface area contributed by atoms with E-state index >= 15 is 0 Å². The first-order valence-electron chi connectivity index (χ1n) is 8.90. The Balaban J connectivity index is 1.62. The SMILES string of the molecule is O=C(Cc1ccccc1)N(CCc1ccccc1)C[C@@H]1CCCN1. The van der Waals surface area contributed by atoms with Crippen LogP contribution in [-0.2, 0) is 17.6 Å². The van der Waals surface area contributed by atoms with Gasteiger partial charge in [-0.25, -0.2) is 0 Å². The molecule has 0 unspecified atom stereocenters. The molecule has 1 saturated heterocycles. The summed E-state index contributed by atoms with van der Waals surface area (Å²) in [6.45, 7) is 2.68. The van der Waals surface area contributed by atoms with Crippen LogP contribution in [0.2, 0.25) is 0 Å². The Morgan fingerprint density at radius 2 is 1.67 bits per heavy atom. The predicted molar refractivity (Wildman–Crippen MR) is 97.9 cm³/mol. The molecule has 0 aliphatic carbocycles. The van der Waals surface area contributed by atoms with Gasteiger partial charge in [0.1, 0.15) is 0 Å². The molecule has 0 aromatic heterocycles. The smallest absolute Gasteiger partial charge is 0.227 e. The Kier molecular flexibility index (Phi) is 6.02. The maximum atomic E-state index is 12.8. The van der Waals surface area contributed by atoms with Crippen LogP contribution < -0.4 is 5.32 Å². The van der Waals surface area contributed by atoms with E-state index in [9.17, 15) is 4.79 Å². The third-order valence-electron chi connectivity index (χ3n) is 4.67. The van der Waals surface area contributed by atoms with E-state index in [1.807, 2.05) is 41.3 Å². The summed E-state index contributed by atoms with van der Waals surface area (Å²) >= 11 is 0. The van der Waals surface area contributed by atoms with Crippen LogP contribution >= 0.6 is 0 Å². The van der Waals surface area contributed by atoms with Gasteiger partial charge in [0.15, 0.2) is 0 Å². The Hall–Kier alpha value is -2.13. The van der Waals surface area contributed by atoms with Crippen molar-refractivity contribution in [3.05, 3.63) is 71.8 Å². The van der Waals surface area contributed by atoms with E-state index in [0.29, 0.717) is 12.5 Å². The minimum atomic E-state index is 0.228. The van der Waals surface area contributed by atoms with E-state index in [1.165, 1.54) is 18.4 Å². The van der Waals surface area contributed by atoms with Crippen molar-refractivity contribution in [3.8, 4) is 0 Å². The molecule has 3 heteroatoms. The molecule has 3 rings (SSSR count). The molecule has 0 spiro atoms. The first-order valence-corrected chi connectivity index (χ1v) is 8.90. The number of rotatable bonds is 7. The standard InChI is InChI=1S/C21H26N2O/c24-21(16-19-10-5-2-6-11-19)23(17-20-12-7-14-22-20)15-13-18-8-3-1-4-9-18/h1-6,8-11,20,22H,7,12-17H2/t20-/m0/s1. The molecule has 0 saturated carbocycles. The van der Waals surface area contributed by atoms with Gasteiger partial charge in [0.25, 0.3) is 0 Å². The summed E-state index contributed by atoms with van der Waals surface area (Å²) in [6.07, 6.45) is 3.78. The molecule has 1 fully saturated rings. The molecule has 126 valence electrons. The van der Waals surface area contributed by atoms with E-state index in [1.54, 1.807) is 0 Å². The zero-order valence-electron chi connectivity index (χ0n) is 14.2. The number of hydrogen-bond donors (Lipinski definition) is 1. The van der Waals surface area contributed by atoms with Crippen LogP contribution in [0.3, 0.4) is 0 Å².